The summed E-state index contributed by atoms with van der Waals surface area (Å²) in [6, 6.07) is 5.79. The van der Waals surface area contributed by atoms with E-state index < -0.39 is 0 Å². The fraction of sp³-hybridized carbons (Fsp3) is 0. The van der Waals surface area contributed by atoms with Gasteiger partial charge in [0.25, 0.3) is 0 Å². The molecule has 59 valence electrons. The molecule has 1 aromatic carbocycles. The van der Waals surface area contributed by atoms with E-state index in [0.29, 0.717) is 5.69 Å². The van der Waals surface area contributed by atoms with Gasteiger partial charge in [-0.3, -0.25) is 4.98 Å². The monoisotopic (exact) mass is 221 g/mol. The van der Waals surface area contributed by atoms with Crippen LogP contribution in [0.5, 0.6) is 0 Å². The van der Waals surface area contributed by atoms with Gasteiger partial charge in [0.15, 0.2) is 0 Å². The van der Waals surface area contributed by atoms with Gasteiger partial charge in [0, 0.05) is 10.7 Å². The van der Waals surface area contributed by atoms with Crippen molar-refractivity contribution in [2.24, 2.45) is 0 Å². The van der Waals surface area contributed by atoms with E-state index in [1.807, 2.05) is 18.2 Å². The van der Waals surface area contributed by atoms with E-state index in [1.165, 1.54) is 0 Å². The fourth-order valence-electron chi connectivity index (χ4n) is 1.02. The summed E-state index contributed by atoms with van der Waals surface area (Å²) in [4.78, 5) is 8.41. The molecule has 0 fully saturated rings. The van der Waals surface area contributed by atoms with E-state index in [1.54, 1.807) is 6.20 Å². The molecule has 2 rings (SSSR count). The Morgan fingerprint density at radius 1 is 1.25 bits per heavy atom. The van der Waals surface area contributed by atoms with Crippen molar-refractivity contribution >= 4 is 27.0 Å². The molecule has 1 aromatic heterocycles. The van der Waals surface area contributed by atoms with Crippen molar-refractivity contribution in [2.75, 3.05) is 0 Å². The average Bonchev–Trinajstić information content (AvgIpc) is 2.05. The molecule has 0 aliphatic heterocycles. The highest BCUT2D eigenvalue weighted by atomic mass is 79.9. The van der Waals surface area contributed by atoms with Crippen molar-refractivity contribution in [3.63, 3.8) is 0 Å². The van der Waals surface area contributed by atoms with Gasteiger partial charge >= 0.3 is 0 Å². The molecule has 0 amide bonds. The maximum Gasteiger partial charge on any atom is 0.0898 e. The highest BCUT2D eigenvalue weighted by molar-refractivity contribution is 9.10. The lowest BCUT2D eigenvalue weighted by Gasteiger charge is -1.97. The second-order valence-electron chi connectivity index (χ2n) is 2.49. The van der Waals surface area contributed by atoms with Crippen LogP contribution in [-0.4, -0.2) is 9.97 Å². The minimum Gasteiger partial charge on any atom is -0.253 e. The van der Waals surface area contributed by atoms with Crippen molar-refractivity contribution in [1.29, 1.82) is 0 Å². The first-order valence-electron chi connectivity index (χ1n) is 3.50. The normalized spacial score (nSPS) is 10.5. The van der Waals surface area contributed by atoms with Crippen LogP contribution in [0.2, 0.25) is 0 Å². The van der Waals surface area contributed by atoms with Gasteiger partial charge in [-0.15, -0.1) is 0 Å². The summed E-state index contributed by atoms with van der Waals surface area (Å²) < 4.78 is 1.01. The Kier molecular flexibility index (Phi) is 1.81. The standard InChI is InChI=1S/C9H6BrN2/c1-6-5-11-9-4-7(10)2-3-8(9)12-6/h2-5H,1H2. The molecule has 1 radical (unpaired) electrons. The number of hydrogen-bond donors (Lipinski definition) is 0. The molecule has 2 aromatic rings. The highest BCUT2D eigenvalue weighted by Crippen LogP contribution is 2.15. The van der Waals surface area contributed by atoms with Crippen molar-refractivity contribution < 1.29 is 0 Å². The minimum absolute atomic E-state index is 0.699. The van der Waals surface area contributed by atoms with E-state index in [4.69, 9.17) is 0 Å². The van der Waals surface area contributed by atoms with Crippen LogP contribution in [0.4, 0.5) is 0 Å². The smallest absolute Gasteiger partial charge is 0.0898 e. The second kappa shape index (κ2) is 2.83. The molecule has 0 atom stereocenters. The van der Waals surface area contributed by atoms with Crippen LogP contribution >= 0.6 is 15.9 Å². The van der Waals surface area contributed by atoms with E-state index >= 15 is 0 Å². The van der Waals surface area contributed by atoms with Gasteiger partial charge in [0.1, 0.15) is 0 Å². The van der Waals surface area contributed by atoms with Crippen LogP contribution in [-0.2, 0) is 0 Å². The Morgan fingerprint density at radius 2 is 2.08 bits per heavy atom. The van der Waals surface area contributed by atoms with Gasteiger partial charge in [-0.1, -0.05) is 15.9 Å². The molecule has 0 aliphatic carbocycles. The number of fused-ring (bicyclic) bond motifs is 1. The van der Waals surface area contributed by atoms with E-state index in [0.717, 1.165) is 15.5 Å². The lowest BCUT2D eigenvalue weighted by molar-refractivity contribution is 1.24. The van der Waals surface area contributed by atoms with Crippen molar-refractivity contribution in [1.82, 2.24) is 9.97 Å². The zero-order valence-electron chi connectivity index (χ0n) is 6.29. The third kappa shape index (κ3) is 1.32. The second-order valence-corrected chi connectivity index (χ2v) is 3.41. The van der Waals surface area contributed by atoms with E-state index in [-0.39, 0.29) is 0 Å². The Morgan fingerprint density at radius 3 is 2.92 bits per heavy atom. The van der Waals surface area contributed by atoms with Gasteiger partial charge in [-0.25, -0.2) is 4.98 Å². The summed E-state index contributed by atoms with van der Waals surface area (Å²) in [5.74, 6) is 0. The van der Waals surface area contributed by atoms with Crippen molar-refractivity contribution in [2.45, 2.75) is 0 Å². The number of hydrogen-bond acceptors (Lipinski definition) is 2. The zero-order chi connectivity index (χ0) is 8.55. The summed E-state index contributed by atoms with van der Waals surface area (Å²) in [7, 11) is 0. The zero-order valence-corrected chi connectivity index (χ0v) is 7.87. The molecule has 12 heavy (non-hydrogen) atoms. The van der Waals surface area contributed by atoms with Gasteiger partial charge in [0.05, 0.1) is 16.7 Å². The van der Waals surface area contributed by atoms with Crippen molar-refractivity contribution in [3.05, 3.63) is 41.5 Å². The predicted octanol–water partition coefficient (Wildman–Crippen LogP) is 2.57. The Bertz CT molecular complexity index is 385. The molecular formula is C9H6BrN2. The van der Waals surface area contributed by atoms with Crippen molar-refractivity contribution in [3.8, 4) is 0 Å². The molecule has 0 saturated heterocycles. The van der Waals surface area contributed by atoms with Crippen LogP contribution in [0.3, 0.4) is 0 Å². The number of nitrogens with zero attached hydrogens (tertiary/aromatic N) is 2. The largest absolute Gasteiger partial charge is 0.253 e. The molecule has 2 nitrogen and oxygen atoms in total. The lowest BCUT2D eigenvalue weighted by Crippen LogP contribution is -1.86. The Hall–Kier alpha value is -0.960. The quantitative estimate of drug-likeness (QED) is 0.684. The molecule has 0 saturated carbocycles. The molecular weight excluding hydrogens is 216 g/mol. The summed E-state index contributed by atoms with van der Waals surface area (Å²) in [6.07, 6.45) is 1.66. The van der Waals surface area contributed by atoms with Crippen LogP contribution in [0.1, 0.15) is 5.69 Å². The maximum atomic E-state index is 4.22. The van der Waals surface area contributed by atoms with Crippen LogP contribution in [0, 0.1) is 6.92 Å². The highest BCUT2D eigenvalue weighted by Gasteiger charge is 1.96. The fourth-order valence-corrected chi connectivity index (χ4v) is 1.37. The molecule has 0 N–H and O–H groups in total. The summed E-state index contributed by atoms with van der Waals surface area (Å²) in [6.45, 7) is 3.71. The predicted molar refractivity (Wildman–Crippen MR) is 51.7 cm³/mol. The molecule has 0 bridgehead atoms. The molecule has 0 aliphatic rings. The Labute approximate surface area is 78.8 Å². The van der Waals surface area contributed by atoms with Gasteiger partial charge in [-0.2, -0.15) is 0 Å². The summed E-state index contributed by atoms with van der Waals surface area (Å²) in [5, 5.41) is 0. The molecule has 0 unspecified atom stereocenters. The molecule has 1 heterocycles. The number of aromatic nitrogens is 2. The SMILES string of the molecule is [CH2]c1cnc2cc(Br)ccc2n1. The van der Waals surface area contributed by atoms with Gasteiger partial charge in [0.2, 0.25) is 0 Å². The van der Waals surface area contributed by atoms with Gasteiger partial charge in [-0.05, 0) is 25.1 Å². The summed E-state index contributed by atoms with van der Waals surface area (Å²) >= 11 is 3.37. The third-order valence-corrected chi connectivity index (χ3v) is 2.05. The molecule has 3 heteroatoms. The average molecular weight is 222 g/mol. The molecule has 0 spiro atoms. The first-order valence-corrected chi connectivity index (χ1v) is 4.29. The van der Waals surface area contributed by atoms with E-state index in [2.05, 4.69) is 32.8 Å². The number of rotatable bonds is 0. The maximum absolute atomic E-state index is 4.22. The first kappa shape index (κ1) is 7.68. The topological polar surface area (TPSA) is 25.8 Å². The third-order valence-electron chi connectivity index (χ3n) is 1.55. The Balaban J connectivity index is 2.79. The number of halogens is 1. The van der Waals surface area contributed by atoms with Crippen LogP contribution in [0.15, 0.2) is 28.9 Å². The first-order chi connectivity index (χ1) is 5.75. The number of benzene rings is 1. The van der Waals surface area contributed by atoms with Crippen LogP contribution in [0.25, 0.3) is 11.0 Å². The minimum atomic E-state index is 0.699. The summed E-state index contributed by atoms with van der Waals surface area (Å²) in [5.41, 5.74) is 2.47. The lowest BCUT2D eigenvalue weighted by atomic mass is 10.3. The van der Waals surface area contributed by atoms with Gasteiger partial charge < -0.3 is 0 Å². The van der Waals surface area contributed by atoms with E-state index in [9.17, 15) is 0 Å². The van der Waals surface area contributed by atoms with Crippen LogP contribution < -0.4 is 0 Å².